The summed E-state index contributed by atoms with van der Waals surface area (Å²) in [4.78, 5) is 11.5. The Kier molecular flexibility index (Phi) is 4.56. The predicted molar refractivity (Wildman–Crippen MR) is 67.1 cm³/mol. The van der Waals surface area contributed by atoms with Crippen LogP contribution in [-0.4, -0.2) is 5.91 Å². The van der Waals surface area contributed by atoms with Crippen molar-refractivity contribution in [2.45, 2.75) is 20.3 Å². The van der Waals surface area contributed by atoms with Crippen LogP contribution in [0.3, 0.4) is 0 Å². The van der Waals surface area contributed by atoms with Crippen molar-refractivity contribution >= 4 is 27.5 Å². The van der Waals surface area contributed by atoms with Crippen molar-refractivity contribution in [3.05, 3.63) is 40.4 Å². The van der Waals surface area contributed by atoms with E-state index in [-0.39, 0.29) is 5.91 Å². The lowest BCUT2D eigenvalue weighted by Crippen LogP contribution is -2.10. The number of allylic oxidation sites excluding steroid dienone is 1. The monoisotopic (exact) mass is 267 g/mol. The Balaban J connectivity index is 2.69. The van der Waals surface area contributed by atoms with E-state index >= 15 is 0 Å². The van der Waals surface area contributed by atoms with Gasteiger partial charge in [-0.2, -0.15) is 0 Å². The Morgan fingerprint density at radius 1 is 1.40 bits per heavy atom. The number of halogens is 1. The Hall–Kier alpha value is -1.09. The van der Waals surface area contributed by atoms with Crippen LogP contribution in [-0.2, 0) is 11.2 Å². The molecule has 0 heterocycles. The van der Waals surface area contributed by atoms with Gasteiger partial charge in [0.2, 0.25) is 0 Å². The zero-order valence-electron chi connectivity index (χ0n) is 8.88. The van der Waals surface area contributed by atoms with Crippen LogP contribution in [0.5, 0.6) is 0 Å². The van der Waals surface area contributed by atoms with E-state index in [0.717, 1.165) is 12.1 Å². The van der Waals surface area contributed by atoms with Gasteiger partial charge >= 0.3 is 0 Å². The van der Waals surface area contributed by atoms with E-state index in [4.69, 9.17) is 0 Å². The molecular formula is C12H14BrNO. The van der Waals surface area contributed by atoms with Gasteiger partial charge in [0.25, 0.3) is 5.91 Å². The summed E-state index contributed by atoms with van der Waals surface area (Å²) in [6.45, 7) is 3.91. The maximum Gasteiger partial charge on any atom is 0.262 e. The Morgan fingerprint density at radius 3 is 2.47 bits per heavy atom. The van der Waals surface area contributed by atoms with Crippen molar-refractivity contribution in [1.29, 1.82) is 0 Å². The number of carbonyl (C=O) groups excluding carboxylic acids is 1. The minimum absolute atomic E-state index is 0.123. The Labute approximate surface area is 98.5 Å². The van der Waals surface area contributed by atoms with Gasteiger partial charge in [-0.05, 0) is 47.0 Å². The lowest BCUT2D eigenvalue weighted by Gasteiger charge is -2.04. The van der Waals surface area contributed by atoms with Crippen molar-refractivity contribution in [3.8, 4) is 0 Å². The highest BCUT2D eigenvalue weighted by Crippen LogP contribution is 2.13. The number of hydrogen-bond acceptors (Lipinski definition) is 1. The van der Waals surface area contributed by atoms with E-state index in [2.05, 4.69) is 28.2 Å². The Bertz CT molecular complexity index is 368. The molecular weight excluding hydrogens is 254 g/mol. The fraction of sp³-hybridized carbons (Fsp3) is 0.250. The molecule has 3 heteroatoms. The molecule has 0 aliphatic carbocycles. The Morgan fingerprint density at radius 2 is 2.00 bits per heavy atom. The zero-order valence-corrected chi connectivity index (χ0v) is 10.5. The van der Waals surface area contributed by atoms with Crippen molar-refractivity contribution in [2.24, 2.45) is 0 Å². The van der Waals surface area contributed by atoms with Crippen LogP contribution in [0.2, 0.25) is 0 Å². The molecule has 0 saturated heterocycles. The lowest BCUT2D eigenvalue weighted by molar-refractivity contribution is -0.112. The first kappa shape index (κ1) is 12.0. The average Bonchev–Trinajstić information content (AvgIpc) is 2.29. The van der Waals surface area contributed by atoms with Crippen molar-refractivity contribution in [2.75, 3.05) is 5.32 Å². The van der Waals surface area contributed by atoms with E-state index in [1.807, 2.05) is 31.2 Å². The minimum Gasteiger partial charge on any atom is -0.322 e. The van der Waals surface area contributed by atoms with Gasteiger partial charge in [-0.15, -0.1) is 0 Å². The first-order valence-corrected chi connectivity index (χ1v) is 5.68. The van der Waals surface area contributed by atoms with E-state index < -0.39 is 0 Å². The van der Waals surface area contributed by atoms with Gasteiger partial charge < -0.3 is 5.32 Å². The third-order valence-electron chi connectivity index (χ3n) is 2.09. The fourth-order valence-electron chi connectivity index (χ4n) is 1.15. The van der Waals surface area contributed by atoms with Gasteiger partial charge in [0.15, 0.2) is 0 Å². The number of aryl methyl sites for hydroxylation is 1. The third-order valence-corrected chi connectivity index (χ3v) is 2.91. The summed E-state index contributed by atoms with van der Waals surface area (Å²) in [6, 6.07) is 7.84. The average molecular weight is 268 g/mol. The molecule has 0 aliphatic heterocycles. The second kappa shape index (κ2) is 5.71. The van der Waals surface area contributed by atoms with Crippen LogP contribution in [0.15, 0.2) is 34.8 Å². The molecule has 0 atom stereocenters. The number of hydrogen-bond donors (Lipinski definition) is 1. The van der Waals surface area contributed by atoms with Crippen molar-refractivity contribution in [1.82, 2.24) is 0 Å². The van der Waals surface area contributed by atoms with Gasteiger partial charge in [-0.25, -0.2) is 0 Å². The topological polar surface area (TPSA) is 29.1 Å². The predicted octanol–water partition coefficient (Wildman–Crippen LogP) is 3.49. The summed E-state index contributed by atoms with van der Waals surface area (Å²) in [5.74, 6) is -0.123. The van der Waals surface area contributed by atoms with Gasteiger partial charge in [0.1, 0.15) is 0 Å². The molecule has 1 rings (SSSR count). The molecule has 0 aliphatic rings. The molecule has 0 bridgehead atoms. The molecule has 2 nitrogen and oxygen atoms in total. The minimum atomic E-state index is -0.123. The highest BCUT2D eigenvalue weighted by molar-refractivity contribution is 9.12. The number of rotatable bonds is 3. The second-order valence-corrected chi connectivity index (χ2v) is 4.00. The molecule has 0 radical (unpaired) electrons. The van der Waals surface area contributed by atoms with Crippen LogP contribution in [0, 0.1) is 0 Å². The number of amides is 1. The molecule has 15 heavy (non-hydrogen) atoms. The molecule has 0 unspecified atom stereocenters. The maximum absolute atomic E-state index is 11.5. The normalized spacial score (nSPS) is 11.3. The van der Waals surface area contributed by atoms with Crippen LogP contribution in [0.1, 0.15) is 19.4 Å². The largest absolute Gasteiger partial charge is 0.322 e. The second-order valence-electron chi connectivity index (χ2n) is 3.14. The molecule has 80 valence electrons. The maximum atomic E-state index is 11.5. The van der Waals surface area contributed by atoms with Crippen LogP contribution >= 0.6 is 15.9 Å². The summed E-state index contributed by atoms with van der Waals surface area (Å²) in [5.41, 5.74) is 2.08. The summed E-state index contributed by atoms with van der Waals surface area (Å²) in [6.07, 6.45) is 2.72. The van der Waals surface area contributed by atoms with Crippen LogP contribution in [0.4, 0.5) is 5.69 Å². The molecule has 1 aromatic carbocycles. The zero-order chi connectivity index (χ0) is 11.3. The summed E-state index contributed by atoms with van der Waals surface area (Å²) >= 11 is 3.18. The van der Waals surface area contributed by atoms with Gasteiger partial charge in [-0.3, -0.25) is 4.79 Å². The number of benzene rings is 1. The molecule has 0 aromatic heterocycles. The molecule has 1 N–H and O–H groups in total. The summed E-state index contributed by atoms with van der Waals surface area (Å²) in [5, 5.41) is 2.79. The van der Waals surface area contributed by atoms with E-state index in [0.29, 0.717) is 4.48 Å². The third kappa shape index (κ3) is 3.51. The van der Waals surface area contributed by atoms with Gasteiger partial charge in [-0.1, -0.05) is 25.1 Å². The van der Waals surface area contributed by atoms with Crippen molar-refractivity contribution in [3.63, 3.8) is 0 Å². The van der Waals surface area contributed by atoms with Crippen molar-refractivity contribution < 1.29 is 4.79 Å². The number of carbonyl (C=O) groups is 1. The smallest absolute Gasteiger partial charge is 0.262 e. The molecule has 0 saturated carbocycles. The van der Waals surface area contributed by atoms with E-state index in [1.54, 1.807) is 6.08 Å². The van der Waals surface area contributed by atoms with Gasteiger partial charge in [0.05, 0.1) is 4.48 Å². The standard InChI is InChI=1S/C12H14BrNO/c1-3-9-5-7-10(8-6-9)14-12(15)11(13)4-2/h4-8H,3H2,1-2H3,(H,14,15). The first-order chi connectivity index (χ1) is 7.17. The quantitative estimate of drug-likeness (QED) is 0.835. The highest BCUT2D eigenvalue weighted by atomic mass is 79.9. The van der Waals surface area contributed by atoms with Crippen LogP contribution in [0.25, 0.3) is 0 Å². The molecule has 0 fully saturated rings. The molecule has 1 amide bonds. The van der Waals surface area contributed by atoms with Crippen LogP contribution < -0.4 is 5.32 Å². The van der Waals surface area contributed by atoms with Gasteiger partial charge in [0, 0.05) is 5.69 Å². The number of nitrogens with one attached hydrogen (secondary N) is 1. The molecule has 0 spiro atoms. The fourth-order valence-corrected chi connectivity index (χ4v) is 1.24. The number of anilines is 1. The summed E-state index contributed by atoms with van der Waals surface area (Å²) in [7, 11) is 0. The summed E-state index contributed by atoms with van der Waals surface area (Å²) < 4.78 is 0.544. The molecule has 1 aromatic rings. The highest BCUT2D eigenvalue weighted by Gasteiger charge is 2.04. The van der Waals surface area contributed by atoms with E-state index in [1.165, 1.54) is 5.56 Å². The first-order valence-electron chi connectivity index (χ1n) is 4.89. The van der Waals surface area contributed by atoms with E-state index in [9.17, 15) is 4.79 Å². The SMILES string of the molecule is CC=C(Br)C(=O)Nc1ccc(CC)cc1. The lowest BCUT2D eigenvalue weighted by atomic mass is 10.1.